The van der Waals surface area contributed by atoms with Crippen LogP contribution in [0.4, 0.5) is 4.79 Å². The summed E-state index contributed by atoms with van der Waals surface area (Å²) in [7, 11) is -11.0. The minimum Gasteiger partial charge on any atom is -0.394 e. The van der Waals surface area contributed by atoms with Crippen molar-refractivity contribution in [3.8, 4) is 0 Å². The van der Waals surface area contributed by atoms with Gasteiger partial charge in [0.15, 0.2) is 12.5 Å². The van der Waals surface area contributed by atoms with E-state index in [1.54, 1.807) is 12.3 Å². The Hall–Kier alpha value is -0.700. The highest BCUT2D eigenvalue weighted by Gasteiger charge is 2.50. The molecular formula is C16H28N2O16P2S. The second kappa shape index (κ2) is 12.2. The quantitative estimate of drug-likeness (QED) is 0.111. The highest BCUT2D eigenvalue weighted by molar-refractivity contribution is 7.99. The van der Waals surface area contributed by atoms with Crippen LogP contribution in [0, 0.1) is 0 Å². The minimum absolute atomic E-state index is 0.330. The van der Waals surface area contributed by atoms with E-state index in [0.29, 0.717) is 0 Å². The fraction of sp³-hybridized carbons (Fsp3) is 0.812. The van der Waals surface area contributed by atoms with E-state index in [4.69, 9.17) is 14.6 Å². The van der Waals surface area contributed by atoms with Crippen LogP contribution in [-0.2, 0) is 32.0 Å². The number of hydrogen-bond donors (Lipinski definition) is 9. The van der Waals surface area contributed by atoms with Crippen molar-refractivity contribution < 1.29 is 77.2 Å². The van der Waals surface area contributed by atoms with Crippen molar-refractivity contribution in [3.63, 3.8) is 0 Å². The van der Waals surface area contributed by atoms with Crippen molar-refractivity contribution in [2.45, 2.75) is 60.6 Å². The van der Waals surface area contributed by atoms with Crippen LogP contribution in [-0.4, -0.2) is 131 Å². The molecule has 214 valence electrons. The number of phosphoric ester groups is 2. The molecule has 0 aliphatic carbocycles. The minimum atomic E-state index is -5.57. The average molecular weight is 598 g/mol. The van der Waals surface area contributed by atoms with E-state index in [2.05, 4.69) is 18.7 Å². The summed E-state index contributed by atoms with van der Waals surface area (Å²) >= 11 is 1.32. The Morgan fingerprint density at radius 1 is 1.00 bits per heavy atom. The highest BCUT2D eigenvalue weighted by Crippen LogP contribution is 2.61. The second-order valence-electron chi connectivity index (χ2n) is 8.02. The summed E-state index contributed by atoms with van der Waals surface area (Å²) in [6, 6.07) is -0.651. The lowest BCUT2D eigenvalue weighted by molar-refractivity contribution is -0.280. The van der Waals surface area contributed by atoms with Gasteiger partial charge in [-0.25, -0.2) is 13.9 Å². The summed E-state index contributed by atoms with van der Waals surface area (Å²) in [6.07, 6.45) is -11.2. The number of ether oxygens (including phenoxy) is 2. The number of phosphoric acid groups is 2. The Labute approximate surface area is 213 Å². The number of thioether (sulfide) groups is 1. The van der Waals surface area contributed by atoms with Crippen LogP contribution in [0.25, 0.3) is 0 Å². The lowest BCUT2D eigenvalue weighted by Crippen LogP contribution is -2.58. The number of nitrogens with one attached hydrogen (secondary N) is 1. The lowest BCUT2D eigenvalue weighted by Gasteiger charge is -2.39. The first-order valence-electron chi connectivity index (χ1n) is 10.5. The van der Waals surface area contributed by atoms with Gasteiger partial charge in [0.25, 0.3) is 0 Å². The fourth-order valence-corrected chi connectivity index (χ4v) is 6.15. The summed E-state index contributed by atoms with van der Waals surface area (Å²) in [5, 5.41) is 61.2. The molecule has 2 saturated heterocycles. The Bertz CT molecular complexity index is 942. The Balaban J connectivity index is 1.58. The van der Waals surface area contributed by atoms with Crippen LogP contribution in [0.5, 0.6) is 0 Å². The molecule has 3 heterocycles. The van der Waals surface area contributed by atoms with Crippen molar-refractivity contribution >= 4 is 33.4 Å². The van der Waals surface area contributed by atoms with Crippen molar-refractivity contribution in [1.82, 2.24) is 10.2 Å². The number of urea groups is 1. The molecule has 0 aromatic rings. The van der Waals surface area contributed by atoms with E-state index >= 15 is 0 Å². The first-order chi connectivity index (χ1) is 17.2. The molecule has 0 saturated carbocycles. The molecule has 0 aromatic heterocycles. The third kappa shape index (κ3) is 7.29. The number of carbonyl (C=O) groups is 1. The van der Waals surface area contributed by atoms with E-state index in [9.17, 15) is 49.2 Å². The van der Waals surface area contributed by atoms with Gasteiger partial charge in [0.1, 0.15) is 42.7 Å². The topological polar surface area (TPSA) is 274 Å². The van der Waals surface area contributed by atoms with Crippen LogP contribution in [0.15, 0.2) is 12.3 Å². The molecule has 0 aromatic carbocycles. The molecule has 9 N–H and O–H groups in total. The Morgan fingerprint density at radius 3 is 2.24 bits per heavy atom. The number of carbonyl (C=O) groups excluding carboxylic acids is 1. The van der Waals surface area contributed by atoms with Crippen molar-refractivity contribution in [1.29, 1.82) is 0 Å². The van der Waals surface area contributed by atoms with E-state index in [1.165, 1.54) is 18.0 Å². The molecule has 21 heteroatoms. The molecular weight excluding hydrogens is 570 g/mol. The average Bonchev–Trinajstić information content (AvgIpc) is 3.10. The number of aliphatic hydroxyl groups excluding tert-OH is 6. The smallest absolute Gasteiger partial charge is 0.394 e. The molecule has 0 bridgehead atoms. The highest BCUT2D eigenvalue weighted by atomic mass is 32.2. The number of aliphatic hydroxyl groups is 6. The van der Waals surface area contributed by atoms with Gasteiger partial charge in [0.05, 0.1) is 18.6 Å². The first-order valence-corrected chi connectivity index (χ1v) is 14.8. The predicted octanol–water partition coefficient (Wildman–Crippen LogP) is -3.29. The van der Waals surface area contributed by atoms with Crippen LogP contribution in [0.3, 0.4) is 0 Å². The van der Waals surface area contributed by atoms with Crippen molar-refractivity contribution in [2.24, 2.45) is 0 Å². The van der Waals surface area contributed by atoms with Gasteiger partial charge in [-0.15, -0.1) is 11.8 Å². The van der Waals surface area contributed by atoms with E-state index in [0.717, 1.165) is 4.90 Å². The third-order valence-corrected chi connectivity index (χ3v) is 8.86. The molecule has 37 heavy (non-hydrogen) atoms. The predicted molar refractivity (Wildman–Crippen MR) is 119 cm³/mol. The summed E-state index contributed by atoms with van der Waals surface area (Å²) in [5.74, 6) is 0. The molecule has 0 radical (unpaired) electrons. The summed E-state index contributed by atoms with van der Waals surface area (Å²) in [4.78, 5) is 32.9. The van der Waals surface area contributed by atoms with Gasteiger partial charge in [-0.1, -0.05) is 0 Å². The lowest BCUT2D eigenvalue weighted by atomic mass is 10.00. The molecule has 3 aliphatic rings. The molecule has 12 atom stereocenters. The van der Waals surface area contributed by atoms with Gasteiger partial charge in [-0.3, -0.25) is 13.9 Å². The molecule has 3 unspecified atom stereocenters. The van der Waals surface area contributed by atoms with Gasteiger partial charge >= 0.3 is 21.7 Å². The Kier molecular flexibility index (Phi) is 10.2. The van der Waals surface area contributed by atoms with E-state index < -0.39 is 90.1 Å². The number of amides is 2. The van der Waals surface area contributed by atoms with Crippen molar-refractivity contribution in [2.75, 3.05) is 19.5 Å². The number of hydrogen-bond acceptors (Lipinski definition) is 15. The monoisotopic (exact) mass is 598 g/mol. The van der Waals surface area contributed by atoms with Crippen LogP contribution in [0.2, 0.25) is 0 Å². The second-order valence-corrected chi connectivity index (χ2v) is 12.0. The maximum Gasteiger partial charge on any atom is 0.483 e. The maximum atomic E-state index is 12.2. The summed E-state index contributed by atoms with van der Waals surface area (Å²) in [6.45, 7) is -1.85. The zero-order valence-electron chi connectivity index (χ0n) is 18.9. The van der Waals surface area contributed by atoms with Crippen molar-refractivity contribution in [3.05, 3.63) is 12.3 Å². The van der Waals surface area contributed by atoms with Crippen LogP contribution < -0.4 is 5.32 Å². The van der Waals surface area contributed by atoms with Gasteiger partial charge in [-0.2, -0.15) is 4.31 Å². The first kappa shape index (κ1) is 30.8. The number of rotatable bonds is 10. The summed E-state index contributed by atoms with van der Waals surface area (Å²) < 4.78 is 47.8. The summed E-state index contributed by atoms with van der Waals surface area (Å²) in [5.41, 5.74) is 0. The van der Waals surface area contributed by atoms with E-state index in [-0.39, 0.29) is 5.37 Å². The standard InChI is InChI=1S/C16H28N2O16P2S/c1-37-8-2-3-18(16(25)17-8)14-12(23)10(21)7(31-14)5-30-35(26,27)34-36(28,29)33-15-13(24)11(22)9(20)6(4-19)32-15/h2-3,6-15,19-24H,4-5H2,1H3,(H,17,25)(H,26,27)(H,28,29)/t6-,7-,8?,9-,10-,11+,12-,13-,14-,15-/m1/s1. The molecule has 2 fully saturated rings. The van der Waals surface area contributed by atoms with E-state index in [1.807, 2.05) is 0 Å². The fourth-order valence-electron chi connectivity index (χ4n) is 3.54. The molecule has 3 aliphatic heterocycles. The van der Waals surface area contributed by atoms with Gasteiger partial charge in [0.2, 0.25) is 0 Å². The normalized spacial score (nSPS) is 41.8. The Morgan fingerprint density at radius 2 is 1.65 bits per heavy atom. The zero-order chi connectivity index (χ0) is 27.7. The largest absolute Gasteiger partial charge is 0.483 e. The molecule has 3 rings (SSSR count). The SMILES string of the molecule is CSC1C=CN([C@@H]2O[C@H](COP(=O)(O)OP(=O)(O)O[C@H]3O[C@H](CO)[C@@H](O)[C@H](O)[C@H]3O)[C@@H](O)[C@H]2O)C(=O)N1. The van der Waals surface area contributed by atoms with Gasteiger partial charge in [0, 0.05) is 6.20 Å². The maximum absolute atomic E-state index is 12.2. The van der Waals surface area contributed by atoms with Gasteiger partial charge < -0.3 is 55.2 Å². The van der Waals surface area contributed by atoms with Crippen LogP contribution in [0.1, 0.15) is 0 Å². The number of nitrogens with zero attached hydrogens (tertiary/aromatic N) is 1. The molecule has 0 spiro atoms. The molecule has 2 amide bonds. The molecule has 18 nitrogen and oxygen atoms in total. The third-order valence-electron chi connectivity index (χ3n) is 5.48. The van der Waals surface area contributed by atoms with Gasteiger partial charge in [-0.05, 0) is 12.3 Å². The zero-order valence-corrected chi connectivity index (χ0v) is 21.5. The van der Waals surface area contributed by atoms with Crippen LogP contribution >= 0.6 is 27.4 Å².